The molecule has 1 rings (SSSR count). The molecule has 15 heavy (non-hydrogen) atoms. The highest BCUT2D eigenvalue weighted by molar-refractivity contribution is 5.09. The van der Waals surface area contributed by atoms with E-state index in [-0.39, 0.29) is 18.9 Å². The topological polar surface area (TPSA) is 55.5 Å². The summed E-state index contributed by atoms with van der Waals surface area (Å²) in [5.74, 6) is 0.0509. The summed E-state index contributed by atoms with van der Waals surface area (Å²) >= 11 is 0. The fraction of sp³-hybridized carbons (Fsp3) is 1.00. The summed E-state index contributed by atoms with van der Waals surface area (Å²) < 4.78 is 19.8. The van der Waals surface area contributed by atoms with Crippen molar-refractivity contribution in [1.29, 1.82) is 0 Å². The Morgan fingerprint density at radius 2 is 2.07 bits per heavy atom. The van der Waals surface area contributed by atoms with Gasteiger partial charge in [-0.05, 0) is 5.92 Å². The van der Waals surface area contributed by atoms with Gasteiger partial charge in [-0.2, -0.15) is 0 Å². The fourth-order valence-corrected chi connectivity index (χ4v) is 2.56. The van der Waals surface area contributed by atoms with Crippen LogP contribution in [-0.2, 0) is 4.74 Å². The molecule has 0 saturated carbocycles. The molecule has 0 aliphatic carbocycles. The van der Waals surface area contributed by atoms with E-state index in [9.17, 15) is 9.50 Å². The van der Waals surface area contributed by atoms with E-state index in [0.29, 0.717) is 6.61 Å². The first-order chi connectivity index (χ1) is 7.04. The Hall–Kier alpha value is -0.190. The molecule has 0 aromatic heterocycles. The molecule has 3 N–H and O–H groups in total. The van der Waals surface area contributed by atoms with Crippen molar-refractivity contribution >= 4 is 0 Å². The van der Waals surface area contributed by atoms with Crippen LogP contribution in [0.3, 0.4) is 0 Å². The number of hydrogen-bond donors (Lipinski definition) is 2. The second kappa shape index (κ2) is 4.76. The standard InChI is InChI=1S/C11H22FNO2/c1-3-9(4-2)11(13)8-15-6-5-10(11,12)7-14/h9,14H,3-8,13H2,1-2H3/t10?,11-/m1/s1. The average molecular weight is 219 g/mol. The summed E-state index contributed by atoms with van der Waals surface area (Å²) in [6, 6.07) is 0. The molecule has 0 aromatic rings. The number of hydrogen-bond acceptors (Lipinski definition) is 3. The molecular weight excluding hydrogens is 197 g/mol. The molecule has 0 amide bonds. The molecule has 3 nitrogen and oxygen atoms in total. The Kier molecular flexibility index (Phi) is 4.09. The van der Waals surface area contributed by atoms with Gasteiger partial charge in [0.25, 0.3) is 0 Å². The van der Waals surface area contributed by atoms with Gasteiger partial charge in [-0.1, -0.05) is 26.7 Å². The normalized spacial score (nSPS) is 37.2. The third-order valence-corrected chi connectivity index (χ3v) is 3.78. The zero-order valence-corrected chi connectivity index (χ0v) is 9.63. The quantitative estimate of drug-likeness (QED) is 0.748. The van der Waals surface area contributed by atoms with Crippen molar-refractivity contribution in [2.45, 2.75) is 44.3 Å². The molecule has 1 unspecified atom stereocenters. The van der Waals surface area contributed by atoms with E-state index in [1.54, 1.807) is 0 Å². The summed E-state index contributed by atoms with van der Waals surface area (Å²) in [6.45, 7) is 4.03. The van der Waals surface area contributed by atoms with Crippen molar-refractivity contribution in [2.24, 2.45) is 11.7 Å². The highest BCUT2D eigenvalue weighted by atomic mass is 19.1. The maximum Gasteiger partial charge on any atom is 0.156 e. The Balaban J connectivity index is 2.94. The van der Waals surface area contributed by atoms with E-state index in [0.717, 1.165) is 12.8 Å². The molecule has 1 saturated heterocycles. The smallest absolute Gasteiger partial charge is 0.156 e. The summed E-state index contributed by atoms with van der Waals surface area (Å²) in [5.41, 5.74) is 3.42. The Bertz CT molecular complexity index is 211. The molecule has 1 heterocycles. The largest absolute Gasteiger partial charge is 0.393 e. The van der Waals surface area contributed by atoms with Crippen LogP contribution in [0.25, 0.3) is 0 Å². The highest BCUT2D eigenvalue weighted by Crippen LogP contribution is 2.40. The van der Waals surface area contributed by atoms with E-state index in [1.165, 1.54) is 0 Å². The van der Waals surface area contributed by atoms with Crippen molar-refractivity contribution in [3.63, 3.8) is 0 Å². The predicted molar refractivity (Wildman–Crippen MR) is 57.4 cm³/mol. The Labute approximate surface area is 90.8 Å². The van der Waals surface area contributed by atoms with Crippen molar-refractivity contribution in [3.05, 3.63) is 0 Å². The number of aliphatic hydroxyl groups is 1. The van der Waals surface area contributed by atoms with E-state index >= 15 is 0 Å². The first-order valence-corrected chi connectivity index (χ1v) is 5.70. The van der Waals surface area contributed by atoms with Gasteiger partial charge in [0.15, 0.2) is 5.67 Å². The van der Waals surface area contributed by atoms with E-state index < -0.39 is 17.8 Å². The highest BCUT2D eigenvalue weighted by Gasteiger charge is 2.54. The lowest BCUT2D eigenvalue weighted by Crippen LogP contribution is -2.69. The first-order valence-electron chi connectivity index (χ1n) is 5.70. The van der Waals surface area contributed by atoms with Crippen LogP contribution in [0, 0.1) is 5.92 Å². The molecule has 0 bridgehead atoms. The van der Waals surface area contributed by atoms with Crippen LogP contribution in [0.15, 0.2) is 0 Å². The van der Waals surface area contributed by atoms with Crippen LogP contribution in [0.2, 0.25) is 0 Å². The summed E-state index contributed by atoms with van der Waals surface area (Å²) in [6.07, 6.45) is 1.81. The molecule has 1 aliphatic rings. The summed E-state index contributed by atoms with van der Waals surface area (Å²) in [7, 11) is 0. The summed E-state index contributed by atoms with van der Waals surface area (Å²) in [5, 5.41) is 9.22. The molecule has 4 heteroatoms. The zero-order valence-electron chi connectivity index (χ0n) is 9.63. The Morgan fingerprint density at radius 1 is 1.47 bits per heavy atom. The number of halogens is 1. The lowest BCUT2D eigenvalue weighted by Gasteiger charge is -2.49. The van der Waals surface area contributed by atoms with Gasteiger partial charge in [-0.15, -0.1) is 0 Å². The molecule has 1 fully saturated rings. The maximum atomic E-state index is 14.5. The SMILES string of the molecule is CCC(CC)[C@]1(N)COCCC1(F)CO. The third kappa shape index (κ3) is 2.03. The van der Waals surface area contributed by atoms with Gasteiger partial charge in [0.1, 0.15) is 0 Å². The van der Waals surface area contributed by atoms with Crippen LogP contribution >= 0.6 is 0 Å². The van der Waals surface area contributed by atoms with Crippen LogP contribution in [0.4, 0.5) is 4.39 Å². The molecular formula is C11H22FNO2. The van der Waals surface area contributed by atoms with Gasteiger partial charge in [-0.25, -0.2) is 4.39 Å². The van der Waals surface area contributed by atoms with Crippen LogP contribution < -0.4 is 5.73 Å². The molecule has 0 spiro atoms. The second-order valence-electron chi connectivity index (χ2n) is 4.48. The number of nitrogens with two attached hydrogens (primary N) is 1. The van der Waals surface area contributed by atoms with E-state index in [2.05, 4.69) is 0 Å². The molecule has 0 aromatic carbocycles. The predicted octanol–water partition coefficient (Wildman–Crippen LogP) is 1.24. The third-order valence-electron chi connectivity index (χ3n) is 3.78. The Morgan fingerprint density at radius 3 is 2.53 bits per heavy atom. The maximum absolute atomic E-state index is 14.5. The van der Waals surface area contributed by atoms with Gasteiger partial charge >= 0.3 is 0 Å². The minimum absolute atomic E-state index is 0.0509. The zero-order chi connectivity index (χ0) is 11.5. The van der Waals surface area contributed by atoms with Crippen LogP contribution in [0.1, 0.15) is 33.1 Å². The van der Waals surface area contributed by atoms with Gasteiger partial charge < -0.3 is 15.6 Å². The molecule has 2 atom stereocenters. The lowest BCUT2D eigenvalue weighted by atomic mass is 9.68. The fourth-order valence-electron chi connectivity index (χ4n) is 2.56. The van der Waals surface area contributed by atoms with Crippen molar-refractivity contribution in [1.82, 2.24) is 0 Å². The minimum atomic E-state index is -1.69. The number of aliphatic hydroxyl groups excluding tert-OH is 1. The summed E-state index contributed by atoms with van der Waals surface area (Å²) in [4.78, 5) is 0. The molecule has 90 valence electrons. The second-order valence-corrected chi connectivity index (χ2v) is 4.48. The molecule has 1 aliphatic heterocycles. The number of rotatable bonds is 4. The minimum Gasteiger partial charge on any atom is -0.393 e. The van der Waals surface area contributed by atoms with Crippen molar-refractivity contribution in [2.75, 3.05) is 19.8 Å². The van der Waals surface area contributed by atoms with Crippen LogP contribution in [0.5, 0.6) is 0 Å². The number of alkyl halides is 1. The lowest BCUT2D eigenvalue weighted by molar-refractivity contribution is -0.124. The molecule has 0 radical (unpaired) electrons. The van der Waals surface area contributed by atoms with Crippen molar-refractivity contribution < 1.29 is 14.2 Å². The van der Waals surface area contributed by atoms with Gasteiger partial charge in [-0.3, -0.25) is 0 Å². The van der Waals surface area contributed by atoms with Gasteiger partial charge in [0.05, 0.1) is 18.8 Å². The van der Waals surface area contributed by atoms with E-state index in [1.807, 2.05) is 13.8 Å². The van der Waals surface area contributed by atoms with Gasteiger partial charge in [0.2, 0.25) is 0 Å². The van der Waals surface area contributed by atoms with Gasteiger partial charge in [0, 0.05) is 13.0 Å². The van der Waals surface area contributed by atoms with E-state index in [4.69, 9.17) is 10.5 Å². The van der Waals surface area contributed by atoms with Crippen molar-refractivity contribution in [3.8, 4) is 0 Å². The number of ether oxygens (including phenoxy) is 1. The first kappa shape index (κ1) is 12.9. The average Bonchev–Trinajstić information content (AvgIpc) is 2.24. The monoisotopic (exact) mass is 219 g/mol. The van der Waals surface area contributed by atoms with Crippen LogP contribution in [-0.4, -0.2) is 36.1 Å².